The molecule has 33 heteroatoms. The summed E-state index contributed by atoms with van der Waals surface area (Å²) < 4.78 is 452. The highest BCUT2D eigenvalue weighted by atomic mass is 19.2. The zero-order chi connectivity index (χ0) is 58.5. The molecule has 1 aliphatic rings. The third-order valence-electron chi connectivity index (χ3n) is 13.3. The average molecular weight is 1160 g/mol. The van der Waals surface area contributed by atoms with Gasteiger partial charge in [0.1, 0.15) is 0 Å². The van der Waals surface area contributed by atoms with Gasteiger partial charge < -0.3 is 0 Å². The lowest BCUT2D eigenvalue weighted by molar-refractivity contribution is 0.231. The second-order valence-corrected chi connectivity index (χ2v) is 17.6. The molecule has 0 bridgehead atoms. The lowest BCUT2D eigenvalue weighted by Gasteiger charge is -2.39. The van der Waals surface area contributed by atoms with Gasteiger partial charge in [-0.15, -0.1) is 0 Å². The van der Waals surface area contributed by atoms with Gasteiger partial charge in [0.05, 0.1) is 0 Å². The van der Waals surface area contributed by atoms with Gasteiger partial charge in [0.25, 0.3) is 0 Å². The van der Waals surface area contributed by atoms with Crippen molar-refractivity contribution in [1.29, 1.82) is 0 Å². The van der Waals surface area contributed by atoms with E-state index in [2.05, 4.69) is 0 Å². The summed E-state index contributed by atoms with van der Waals surface area (Å²) in [5, 5.41) is 0. The predicted molar refractivity (Wildman–Crippen MR) is 211 cm³/mol. The Kier molecular flexibility index (Phi) is 16.3. The highest BCUT2D eigenvalue weighted by molar-refractivity contribution is 6.86. The molecule has 0 amide bonds. The van der Waals surface area contributed by atoms with E-state index in [9.17, 15) is 79.0 Å². The molecule has 1 saturated carbocycles. The Morgan fingerprint density at radius 2 is 0.256 bits per heavy atom. The minimum Gasteiger partial charge on any atom is -0.204 e. The van der Waals surface area contributed by atoms with Gasteiger partial charge in [-0.25, -0.2) is 132 Å². The van der Waals surface area contributed by atoms with Crippen LogP contribution in [0.1, 0.15) is 19.3 Å². The standard InChI is InChI=1S/C45H15B3F30/c49-16-10(17(50)29(62)40(73)28(16)61)46(11-18(51)30(63)41(74)31(64)19(11)52)4-7-1-8(5-47(12-20(53)32(65)42(75)33(66)21(12)54)13-22(55)34(67)43(76)35(68)23(13)56)3-9(2-7)6-48(14-24(57)36(69)44(77)37(70)25(14)58)15-26(59)38(71)45(78)39(72)27(15)60/h7-9H,1-6H2. The molecule has 0 saturated heterocycles. The molecule has 0 radical (unpaired) electrons. The van der Waals surface area contributed by atoms with Gasteiger partial charge in [0, 0.05) is 32.8 Å². The number of benzene rings is 6. The first kappa shape index (κ1) is 59.1. The van der Waals surface area contributed by atoms with Crippen molar-refractivity contribution in [3.05, 3.63) is 175 Å². The van der Waals surface area contributed by atoms with Crippen LogP contribution in [0.3, 0.4) is 0 Å². The third-order valence-corrected chi connectivity index (χ3v) is 13.3. The fourth-order valence-corrected chi connectivity index (χ4v) is 9.99. The van der Waals surface area contributed by atoms with Crippen LogP contribution in [-0.4, -0.2) is 20.1 Å². The molecule has 414 valence electrons. The summed E-state index contributed by atoms with van der Waals surface area (Å²) in [6.07, 6.45) is -10.1. The minimum absolute atomic E-state index is 1.39. The van der Waals surface area contributed by atoms with Gasteiger partial charge in [-0.05, 0) is 37.0 Å². The molecule has 0 aromatic heterocycles. The van der Waals surface area contributed by atoms with E-state index in [0.29, 0.717) is 0 Å². The zero-order valence-corrected chi connectivity index (χ0v) is 37.0. The second kappa shape index (κ2) is 21.6. The summed E-state index contributed by atoms with van der Waals surface area (Å²) in [5.74, 6) is -99.5. The van der Waals surface area contributed by atoms with E-state index in [0.717, 1.165) is 0 Å². The molecule has 0 spiro atoms. The van der Waals surface area contributed by atoms with Crippen molar-refractivity contribution >= 4 is 52.9 Å². The summed E-state index contributed by atoms with van der Waals surface area (Å²) >= 11 is 0. The first-order valence-corrected chi connectivity index (χ1v) is 21.3. The van der Waals surface area contributed by atoms with E-state index >= 15 is 52.7 Å². The second-order valence-electron chi connectivity index (χ2n) is 17.6. The zero-order valence-electron chi connectivity index (χ0n) is 37.0. The van der Waals surface area contributed by atoms with Crippen molar-refractivity contribution in [2.24, 2.45) is 17.8 Å². The Bertz CT molecular complexity index is 2750. The van der Waals surface area contributed by atoms with Gasteiger partial charge in [0.15, 0.2) is 175 Å². The molecule has 0 heterocycles. The molecule has 1 fully saturated rings. The Morgan fingerprint density at radius 3 is 0.359 bits per heavy atom. The van der Waals surface area contributed by atoms with Gasteiger partial charge in [-0.2, -0.15) is 0 Å². The summed E-state index contributed by atoms with van der Waals surface area (Å²) in [5.41, 5.74) is -15.1. The lowest BCUT2D eigenvalue weighted by atomic mass is 9.32. The lowest BCUT2D eigenvalue weighted by Crippen LogP contribution is -2.54. The molecule has 6 aromatic rings. The van der Waals surface area contributed by atoms with E-state index in [1.165, 1.54) is 0 Å². The van der Waals surface area contributed by atoms with Crippen LogP contribution in [0.5, 0.6) is 0 Å². The highest BCUT2D eigenvalue weighted by Crippen LogP contribution is 2.42. The molecule has 0 N–H and O–H groups in total. The molecule has 0 unspecified atom stereocenters. The van der Waals surface area contributed by atoms with Crippen LogP contribution in [0.15, 0.2) is 0 Å². The van der Waals surface area contributed by atoms with Gasteiger partial charge in [0.2, 0.25) is 20.1 Å². The highest BCUT2D eigenvalue weighted by Gasteiger charge is 2.48. The van der Waals surface area contributed by atoms with Crippen molar-refractivity contribution in [2.45, 2.75) is 38.2 Å². The monoisotopic (exact) mass is 1160 g/mol. The minimum atomic E-state index is -3.52. The largest absolute Gasteiger partial charge is 0.225 e. The van der Waals surface area contributed by atoms with Crippen molar-refractivity contribution < 1.29 is 132 Å². The molecular weight excluding hydrogens is 1140 g/mol. The molecular formula is C45H15B3F30. The van der Waals surface area contributed by atoms with Crippen molar-refractivity contribution in [3.63, 3.8) is 0 Å². The van der Waals surface area contributed by atoms with Crippen LogP contribution in [0.2, 0.25) is 19.0 Å². The fraction of sp³-hybridized carbons (Fsp3) is 0.200. The number of hydrogen-bond acceptors (Lipinski definition) is 0. The van der Waals surface area contributed by atoms with E-state index < -0.39 is 283 Å². The number of rotatable bonds is 12. The molecule has 6 aromatic carbocycles. The van der Waals surface area contributed by atoms with Gasteiger partial charge in [-0.3, -0.25) is 0 Å². The average Bonchev–Trinajstić information content (AvgIpc) is 3.57. The SMILES string of the molecule is Fc1c(F)c(F)c(B(CC2CC(CB(c3c(F)c(F)c(F)c(F)c3F)c3c(F)c(F)c(F)c(F)c3F)CC(CB(c3c(F)c(F)c(F)c(F)c3F)c3c(F)c(F)c(F)c(F)c3F)C2)c2c(F)c(F)c(F)c(F)c2F)c(F)c1F. The third kappa shape index (κ3) is 9.45. The summed E-state index contributed by atoms with van der Waals surface area (Å²) in [4.78, 5) is 0. The smallest absolute Gasteiger partial charge is 0.204 e. The van der Waals surface area contributed by atoms with Crippen LogP contribution in [0, 0.1) is 192 Å². The van der Waals surface area contributed by atoms with E-state index in [4.69, 9.17) is 0 Å². The Hall–Kier alpha value is -6.59. The first-order valence-electron chi connectivity index (χ1n) is 21.3. The van der Waals surface area contributed by atoms with Gasteiger partial charge >= 0.3 is 0 Å². The van der Waals surface area contributed by atoms with Crippen molar-refractivity contribution in [3.8, 4) is 0 Å². The number of hydrogen-bond donors (Lipinski definition) is 0. The van der Waals surface area contributed by atoms with Crippen LogP contribution in [-0.2, 0) is 0 Å². The van der Waals surface area contributed by atoms with Crippen molar-refractivity contribution in [2.75, 3.05) is 0 Å². The maximum absolute atomic E-state index is 15.7. The van der Waals surface area contributed by atoms with E-state index in [1.54, 1.807) is 0 Å². The summed E-state index contributed by atoms with van der Waals surface area (Å²) in [6, 6.07) is 0. The van der Waals surface area contributed by atoms with Gasteiger partial charge in [-0.1, -0.05) is 19.0 Å². The maximum atomic E-state index is 15.7. The van der Waals surface area contributed by atoms with Crippen LogP contribution < -0.4 is 32.8 Å². The normalized spacial score (nSPS) is 15.7. The molecule has 0 atom stereocenters. The quantitative estimate of drug-likeness (QED) is 0.0496. The Morgan fingerprint density at radius 1 is 0.167 bits per heavy atom. The molecule has 0 nitrogen and oxygen atoms in total. The Labute approximate surface area is 414 Å². The Balaban J connectivity index is 1.54. The maximum Gasteiger partial charge on any atom is 0.225 e. The fourth-order valence-electron chi connectivity index (χ4n) is 9.99. The molecule has 7 rings (SSSR count). The molecule has 1 aliphatic carbocycles. The summed E-state index contributed by atoms with van der Waals surface area (Å²) in [6.45, 7) is -10.6. The summed E-state index contributed by atoms with van der Waals surface area (Å²) in [7, 11) is 0. The number of halogens is 30. The molecule has 0 aliphatic heterocycles. The van der Waals surface area contributed by atoms with E-state index in [1.807, 2.05) is 0 Å². The van der Waals surface area contributed by atoms with Crippen LogP contribution in [0.25, 0.3) is 0 Å². The topological polar surface area (TPSA) is 0 Å². The van der Waals surface area contributed by atoms with Crippen LogP contribution in [0.4, 0.5) is 132 Å². The molecule has 78 heavy (non-hydrogen) atoms. The van der Waals surface area contributed by atoms with Crippen molar-refractivity contribution in [1.82, 2.24) is 0 Å². The van der Waals surface area contributed by atoms with Crippen LogP contribution >= 0.6 is 0 Å². The van der Waals surface area contributed by atoms with E-state index in [-0.39, 0.29) is 0 Å². The predicted octanol–water partition coefficient (Wildman–Crippen LogP) is 11.1. The first-order chi connectivity index (χ1) is 36.2.